The third-order valence-electron chi connectivity index (χ3n) is 2.68. The van der Waals surface area contributed by atoms with Crippen LogP contribution in [0.5, 0.6) is 5.75 Å². The molecule has 0 bridgehead atoms. The van der Waals surface area contributed by atoms with E-state index in [1.165, 1.54) is 0 Å². The van der Waals surface area contributed by atoms with Gasteiger partial charge in [0.2, 0.25) is 5.91 Å². The number of nitrogens with two attached hydrogens (primary N) is 1. The predicted molar refractivity (Wildman–Crippen MR) is 87.3 cm³/mol. The quantitative estimate of drug-likeness (QED) is 0.789. The molecule has 4 nitrogen and oxygen atoms in total. The summed E-state index contributed by atoms with van der Waals surface area (Å²) in [5.74, 6) is 0.620. The van der Waals surface area contributed by atoms with Crippen LogP contribution in [0.2, 0.25) is 0 Å². The molecule has 1 atom stereocenters. The van der Waals surface area contributed by atoms with Crippen LogP contribution >= 0.6 is 28.3 Å². The van der Waals surface area contributed by atoms with Crippen LogP contribution in [0.3, 0.4) is 0 Å². The third kappa shape index (κ3) is 6.59. The van der Waals surface area contributed by atoms with Crippen molar-refractivity contribution >= 4 is 34.2 Å². The number of carbonyl (C=O) groups is 1. The lowest BCUT2D eigenvalue weighted by molar-refractivity contribution is -0.124. The predicted octanol–water partition coefficient (Wildman–Crippen LogP) is 2.74. The number of rotatable bonds is 5. The number of nitrogens with one attached hydrogen (secondary N) is 1. The average Bonchev–Trinajstić information content (AvgIpc) is 2.32. The van der Waals surface area contributed by atoms with Crippen LogP contribution in [0.4, 0.5) is 0 Å². The van der Waals surface area contributed by atoms with Gasteiger partial charge >= 0.3 is 0 Å². The summed E-state index contributed by atoms with van der Waals surface area (Å²) in [6.45, 7) is 6.67. The molecular weight excluding hydrogens is 344 g/mol. The molecule has 6 heteroatoms. The summed E-state index contributed by atoms with van der Waals surface area (Å²) in [4.78, 5) is 11.8. The van der Waals surface area contributed by atoms with Crippen molar-refractivity contribution in [1.29, 1.82) is 0 Å². The summed E-state index contributed by atoms with van der Waals surface area (Å²) in [6, 6.07) is 7.05. The van der Waals surface area contributed by atoms with Gasteiger partial charge in [0.25, 0.3) is 0 Å². The largest absolute Gasteiger partial charge is 0.492 e. The Labute approximate surface area is 135 Å². The first-order chi connectivity index (χ1) is 8.80. The molecule has 1 aromatic rings. The number of hydrogen-bond acceptors (Lipinski definition) is 3. The molecular formula is C14H22BrClN2O2. The summed E-state index contributed by atoms with van der Waals surface area (Å²) in [6.07, 6.45) is 0. The molecule has 3 N–H and O–H groups in total. The second-order valence-corrected chi connectivity index (χ2v) is 6.36. The zero-order valence-electron chi connectivity index (χ0n) is 12.0. The first kappa shape index (κ1) is 19.2. The molecule has 0 radical (unpaired) electrons. The number of amides is 1. The molecule has 0 spiro atoms. The van der Waals surface area contributed by atoms with Crippen molar-refractivity contribution in [3.05, 3.63) is 28.7 Å². The fourth-order valence-electron chi connectivity index (χ4n) is 1.40. The van der Waals surface area contributed by atoms with E-state index < -0.39 is 6.04 Å². The van der Waals surface area contributed by atoms with E-state index in [0.29, 0.717) is 13.2 Å². The van der Waals surface area contributed by atoms with Gasteiger partial charge in [-0.2, -0.15) is 0 Å². The van der Waals surface area contributed by atoms with Gasteiger partial charge in [0.1, 0.15) is 12.4 Å². The highest BCUT2D eigenvalue weighted by Gasteiger charge is 2.26. The molecule has 1 rings (SSSR count). The SMILES string of the molecule is CC(C)(C)[C@H](N)C(=O)NCCOc1cccc(Br)c1.Cl. The number of hydrogen-bond donors (Lipinski definition) is 2. The standard InChI is InChI=1S/C14H21BrN2O2.ClH/c1-14(2,3)12(16)13(18)17-7-8-19-11-6-4-5-10(15)9-11;/h4-6,9,12H,7-8,16H2,1-3H3,(H,17,18);1H/t12-;/m1./s1. The summed E-state index contributed by atoms with van der Waals surface area (Å²) in [5.41, 5.74) is 5.61. The third-order valence-corrected chi connectivity index (χ3v) is 3.17. The molecule has 0 unspecified atom stereocenters. The smallest absolute Gasteiger partial charge is 0.237 e. The number of benzene rings is 1. The summed E-state index contributed by atoms with van der Waals surface area (Å²) < 4.78 is 6.48. The second-order valence-electron chi connectivity index (χ2n) is 5.44. The minimum absolute atomic E-state index is 0. The van der Waals surface area contributed by atoms with E-state index in [9.17, 15) is 4.79 Å². The molecule has 0 saturated carbocycles. The zero-order chi connectivity index (χ0) is 14.5. The normalized spacial score (nSPS) is 12.2. The van der Waals surface area contributed by atoms with E-state index in [4.69, 9.17) is 10.5 Å². The molecule has 0 heterocycles. The van der Waals surface area contributed by atoms with Gasteiger partial charge in [0, 0.05) is 4.47 Å². The van der Waals surface area contributed by atoms with Crippen molar-refractivity contribution < 1.29 is 9.53 Å². The van der Waals surface area contributed by atoms with Crippen molar-refractivity contribution in [3.63, 3.8) is 0 Å². The van der Waals surface area contributed by atoms with E-state index in [-0.39, 0.29) is 23.7 Å². The molecule has 1 aromatic carbocycles. The van der Waals surface area contributed by atoms with E-state index in [1.807, 2.05) is 45.0 Å². The minimum Gasteiger partial charge on any atom is -0.492 e. The number of ether oxygens (including phenoxy) is 1. The first-order valence-electron chi connectivity index (χ1n) is 6.22. The fraction of sp³-hybridized carbons (Fsp3) is 0.500. The Morgan fingerprint density at radius 1 is 1.45 bits per heavy atom. The van der Waals surface area contributed by atoms with Crippen LogP contribution in [-0.2, 0) is 4.79 Å². The Morgan fingerprint density at radius 2 is 2.10 bits per heavy atom. The van der Waals surface area contributed by atoms with Crippen molar-refractivity contribution in [2.24, 2.45) is 11.1 Å². The first-order valence-corrected chi connectivity index (χ1v) is 7.01. The molecule has 1 amide bonds. The van der Waals surface area contributed by atoms with E-state index >= 15 is 0 Å². The van der Waals surface area contributed by atoms with Crippen LogP contribution in [0.15, 0.2) is 28.7 Å². The lowest BCUT2D eigenvalue weighted by Crippen LogP contribution is -2.49. The molecule has 114 valence electrons. The van der Waals surface area contributed by atoms with Crippen molar-refractivity contribution in [3.8, 4) is 5.75 Å². The Morgan fingerprint density at radius 3 is 2.65 bits per heavy atom. The average molecular weight is 366 g/mol. The lowest BCUT2D eigenvalue weighted by Gasteiger charge is -2.25. The summed E-state index contributed by atoms with van der Waals surface area (Å²) in [5, 5.41) is 2.77. The Hall–Kier alpha value is -0.780. The van der Waals surface area contributed by atoms with Crippen LogP contribution in [0, 0.1) is 5.41 Å². The topological polar surface area (TPSA) is 64.4 Å². The summed E-state index contributed by atoms with van der Waals surface area (Å²) in [7, 11) is 0. The van der Waals surface area contributed by atoms with Gasteiger partial charge in [-0.1, -0.05) is 42.8 Å². The molecule has 0 aliphatic rings. The van der Waals surface area contributed by atoms with Crippen LogP contribution in [0.1, 0.15) is 20.8 Å². The van der Waals surface area contributed by atoms with Gasteiger partial charge in [-0.25, -0.2) is 0 Å². The van der Waals surface area contributed by atoms with Crippen LogP contribution < -0.4 is 15.8 Å². The zero-order valence-corrected chi connectivity index (χ0v) is 14.4. The van der Waals surface area contributed by atoms with Crippen molar-refractivity contribution in [2.45, 2.75) is 26.8 Å². The Kier molecular flexibility index (Phi) is 8.16. The highest BCUT2D eigenvalue weighted by molar-refractivity contribution is 9.10. The maximum absolute atomic E-state index is 11.8. The van der Waals surface area contributed by atoms with Crippen molar-refractivity contribution in [2.75, 3.05) is 13.2 Å². The molecule has 0 saturated heterocycles. The highest BCUT2D eigenvalue weighted by Crippen LogP contribution is 2.18. The van der Waals surface area contributed by atoms with Gasteiger partial charge in [-0.3, -0.25) is 4.79 Å². The van der Waals surface area contributed by atoms with Gasteiger partial charge in [0.15, 0.2) is 0 Å². The van der Waals surface area contributed by atoms with Gasteiger partial charge in [0.05, 0.1) is 12.6 Å². The summed E-state index contributed by atoms with van der Waals surface area (Å²) >= 11 is 3.37. The highest BCUT2D eigenvalue weighted by atomic mass is 79.9. The monoisotopic (exact) mass is 364 g/mol. The molecule has 0 fully saturated rings. The molecule has 0 aliphatic carbocycles. The van der Waals surface area contributed by atoms with E-state index in [0.717, 1.165) is 10.2 Å². The molecule has 0 aliphatic heterocycles. The van der Waals surface area contributed by atoms with Gasteiger partial charge in [-0.15, -0.1) is 12.4 Å². The van der Waals surface area contributed by atoms with E-state index in [2.05, 4.69) is 21.2 Å². The second kappa shape index (κ2) is 8.49. The van der Waals surface area contributed by atoms with Gasteiger partial charge < -0.3 is 15.8 Å². The number of carbonyl (C=O) groups excluding carboxylic acids is 1. The van der Waals surface area contributed by atoms with Crippen LogP contribution in [-0.4, -0.2) is 25.1 Å². The maximum Gasteiger partial charge on any atom is 0.237 e. The van der Waals surface area contributed by atoms with Crippen molar-refractivity contribution in [1.82, 2.24) is 5.32 Å². The fourth-order valence-corrected chi connectivity index (χ4v) is 1.78. The van der Waals surface area contributed by atoms with E-state index in [1.54, 1.807) is 0 Å². The molecule has 20 heavy (non-hydrogen) atoms. The van der Waals surface area contributed by atoms with Gasteiger partial charge in [-0.05, 0) is 23.6 Å². The number of halogens is 2. The minimum atomic E-state index is -0.515. The van der Waals surface area contributed by atoms with Crippen LogP contribution in [0.25, 0.3) is 0 Å². The Balaban J connectivity index is 0.00000361. The molecule has 0 aromatic heterocycles. The lowest BCUT2D eigenvalue weighted by atomic mass is 9.87. The maximum atomic E-state index is 11.8. The Bertz CT molecular complexity index is 435.